The summed E-state index contributed by atoms with van der Waals surface area (Å²) >= 11 is 0.352. The number of nitrogens with one attached hydrogen (secondary N) is 2. The second-order valence-electron chi connectivity index (χ2n) is 4.69. The Bertz CT molecular complexity index is 628. The summed E-state index contributed by atoms with van der Waals surface area (Å²) in [5.41, 5.74) is 1.09. The summed E-state index contributed by atoms with van der Waals surface area (Å²) in [5.74, 6) is -2.40. The molecule has 4 nitrogen and oxygen atoms in total. The molecule has 0 spiro atoms. The molecule has 7 heteroatoms. The van der Waals surface area contributed by atoms with E-state index >= 15 is 0 Å². The molecule has 0 aliphatic heterocycles. The van der Waals surface area contributed by atoms with Crippen molar-refractivity contribution >= 4 is 23.5 Å². The van der Waals surface area contributed by atoms with E-state index in [0.29, 0.717) is 17.6 Å². The van der Waals surface area contributed by atoms with E-state index in [9.17, 15) is 13.6 Å². The molecule has 21 heavy (non-hydrogen) atoms. The minimum atomic E-state index is -2.57. The van der Waals surface area contributed by atoms with Gasteiger partial charge in [0.1, 0.15) is 0 Å². The van der Waals surface area contributed by atoms with Gasteiger partial charge in [0.25, 0.3) is 11.7 Å². The first-order valence-corrected chi connectivity index (χ1v) is 7.26. The van der Waals surface area contributed by atoms with Gasteiger partial charge in [-0.25, -0.2) is 0 Å². The number of benzene rings is 1. The third-order valence-corrected chi connectivity index (χ3v) is 3.60. The number of rotatable bonds is 5. The van der Waals surface area contributed by atoms with E-state index in [1.807, 2.05) is 13.8 Å². The zero-order valence-corrected chi connectivity index (χ0v) is 12.4. The van der Waals surface area contributed by atoms with Crippen molar-refractivity contribution in [2.75, 3.05) is 5.32 Å². The number of carbonyl (C=O) groups excluding carboxylic acids is 1. The van der Waals surface area contributed by atoms with Crippen LogP contribution in [-0.4, -0.2) is 21.9 Å². The molecule has 1 aromatic heterocycles. The first kappa shape index (κ1) is 15.5. The van der Waals surface area contributed by atoms with Crippen LogP contribution in [0.2, 0.25) is 0 Å². The molecule has 2 N–H and O–H groups in total. The van der Waals surface area contributed by atoms with Crippen LogP contribution in [0.3, 0.4) is 0 Å². The molecule has 0 aliphatic rings. The van der Waals surface area contributed by atoms with Crippen LogP contribution in [0.1, 0.15) is 35.8 Å². The number of hydrogen-bond donors (Lipinski definition) is 2. The maximum absolute atomic E-state index is 12.5. The number of halogens is 2. The second-order valence-corrected chi connectivity index (χ2v) is 5.72. The van der Waals surface area contributed by atoms with E-state index in [0.717, 1.165) is 5.69 Å². The Morgan fingerprint density at radius 3 is 2.67 bits per heavy atom. The lowest BCUT2D eigenvalue weighted by Crippen LogP contribution is -2.13. The number of alkyl halides is 2. The molecular weight excluding hydrogens is 296 g/mol. The first-order valence-electron chi connectivity index (χ1n) is 6.38. The molecule has 0 aliphatic carbocycles. The van der Waals surface area contributed by atoms with Gasteiger partial charge in [0.15, 0.2) is 5.82 Å². The van der Waals surface area contributed by atoms with Crippen LogP contribution in [0.5, 0.6) is 0 Å². The Kier molecular flexibility index (Phi) is 4.95. The molecule has 0 saturated heterocycles. The smallest absolute Gasteiger partial charge is 0.288 e. The van der Waals surface area contributed by atoms with Crippen LogP contribution in [-0.2, 0) is 0 Å². The predicted octanol–water partition coefficient (Wildman–Crippen LogP) is 4.10. The second kappa shape index (κ2) is 6.71. The van der Waals surface area contributed by atoms with Gasteiger partial charge in [-0.15, -0.1) is 0 Å². The van der Waals surface area contributed by atoms with Gasteiger partial charge >= 0.3 is 0 Å². The fourth-order valence-corrected chi connectivity index (χ4v) is 2.37. The minimum absolute atomic E-state index is 0.205. The highest BCUT2D eigenvalue weighted by molar-refractivity contribution is 7.99. The number of aromatic amines is 1. The van der Waals surface area contributed by atoms with Crippen LogP contribution >= 0.6 is 11.8 Å². The van der Waals surface area contributed by atoms with Gasteiger partial charge in [-0.1, -0.05) is 37.7 Å². The minimum Gasteiger partial charge on any atom is -0.305 e. The Morgan fingerprint density at radius 2 is 2.05 bits per heavy atom. The quantitative estimate of drug-likeness (QED) is 0.817. The van der Waals surface area contributed by atoms with E-state index in [2.05, 4.69) is 15.5 Å². The number of amides is 1. The first-order chi connectivity index (χ1) is 9.97. The van der Waals surface area contributed by atoms with Crippen molar-refractivity contribution < 1.29 is 13.6 Å². The van der Waals surface area contributed by atoms with Gasteiger partial charge in [-0.3, -0.25) is 9.89 Å². The predicted molar refractivity (Wildman–Crippen MR) is 78.9 cm³/mol. The van der Waals surface area contributed by atoms with E-state index in [-0.39, 0.29) is 16.4 Å². The highest BCUT2D eigenvalue weighted by Gasteiger charge is 2.16. The monoisotopic (exact) mass is 311 g/mol. The van der Waals surface area contributed by atoms with Gasteiger partial charge in [-0.05, 0) is 18.1 Å². The summed E-state index contributed by atoms with van der Waals surface area (Å²) in [6.45, 7) is 3.99. The average Bonchev–Trinajstić information content (AvgIpc) is 2.87. The zero-order valence-electron chi connectivity index (χ0n) is 11.6. The third-order valence-electron chi connectivity index (χ3n) is 2.81. The van der Waals surface area contributed by atoms with Crippen molar-refractivity contribution in [3.05, 3.63) is 41.6 Å². The molecule has 2 aromatic rings. The van der Waals surface area contributed by atoms with Crippen LogP contribution < -0.4 is 5.32 Å². The number of thioether (sulfide) groups is 1. The molecule has 0 atom stereocenters. The van der Waals surface area contributed by atoms with E-state index in [1.54, 1.807) is 18.2 Å². The summed E-state index contributed by atoms with van der Waals surface area (Å²) in [4.78, 5) is 12.4. The molecule has 2 rings (SSSR count). The number of H-pyrrole nitrogens is 1. The lowest BCUT2D eigenvalue weighted by Gasteiger charge is -2.07. The van der Waals surface area contributed by atoms with Gasteiger partial charge in [0.05, 0.1) is 5.56 Å². The van der Waals surface area contributed by atoms with Crippen molar-refractivity contribution in [1.82, 2.24) is 10.2 Å². The third kappa shape index (κ3) is 4.04. The SMILES string of the molecule is CC(C)c1cc(NC(=O)c2ccccc2SC(F)F)n[nH]1. The highest BCUT2D eigenvalue weighted by Crippen LogP contribution is 2.28. The molecule has 1 heterocycles. The molecule has 0 fully saturated rings. The summed E-state index contributed by atoms with van der Waals surface area (Å²) in [6, 6.07) is 7.98. The number of carbonyl (C=O) groups is 1. The maximum Gasteiger partial charge on any atom is 0.288 e. The number of anilines is 1. The van der Waals surface area contributed by atoms with Crippen LogP contribution in [0.15, 0.2) is 35.2 Å². The van der Waals surface area contributed by atoms with Crippen LogP contribution in [0.25, 0.3) is 0 Å². The summed E-state index contributed by atoms with van der Waals surface area (Å²) in [6.07, 6.45) is 0. The fourth-order valence-electron chi connectivity index (χ4n) is 1.73. The lowest BCUT2D eigenvalue weighted by atomic mass is 10.1. The zero-order chi connectivity index (χ0) is 15.4. The van der Waals surface area contributed by atoms with Crippen LogP contribution in [0.4, 0.5) is 14.6 Å². The summed E-state index contributed by atoms with van der Waals surface area (Å²) in [5, 5.41) is 9.41. The molecule has 0 unspecified atom stereocenters. The van der Waals surface area contributed by atoms with Crippen molar-refractivity contribution in [1.29, 1.82) is 0 Å². The largest absolute Gasteiger partial charge is 0.305 e. The molecule has 0 radical (unpaired) electrons. The van der Waals surface area contributed by atoms with Crippen molar-refractivity contribution in [2.45, 2.75) is 30.4 Å². The number of aromatic nitrogens is 2. The molecular formula is C14H15F2N3OS. The Balaban J connectivity index is 2.16. The summed E-state index contributed by atoms with van der Waals surface area (Å²) < 4.78 is 25.0. The Labute approximate surface area is 125 Å². The van der Waals surface area contributed by atoms with Crippen molar-refractivity contribution in [3.8, 4) is 0 Å². The standard InChI is InChI=1S/C14H15F2N3OS/c1-8(2)10-7-12(19-18-10)17-13(20)9-5-3-4-6-11(9)21-14(15)16/h3-8,14H,1-2H3,(H2,17,18,19,20). The van der Waals surface area contributed by atoms with Gasteiger partial charge in [-0.2, -0.15) is 13.9 Å². The van der Waals surface area contributed by atoms with E-state index < -0.39 is 11.7 Å². The Morgan fingerprint density at radius 1 is 1.33 bits per heavy atom. The Hall–Kier alpha value is -1.89. The lowest BCUT2D eigenvalue weighted by molar-refractivity contribution is 0.102. The van der Waals surface area contributed by atoms with E-state index in [1.165, 1.54) is 12.1 Å². The van der Waals surface area contributed by atoms with Crippen molar-refractivity contribution in [3.63, 3.8) is 0 Å². The summed E-state index contributed by atoms with van der Waals surface area (Å²) in [7, 11) is 0. The maximum atomic E-state index is 12.5. The number of nitrogens with zero attached hydrogens (tertiary/aromatic N) is 1. The molecule has 0 saturated carbocycles. The normalized spacial score (nSPS) is 11.1. The highest BCUT2D eigenvalue weighted by atomic mass is 32.2. The fraction of sp³-hybridized carbons (Fsp3) is 0.286. The molecule has 1 amide bonds. The number of hydrogen-bond acceptors (Lipinski definition) is 3. The van der Waals surface area contributed by atoms with E-state index in [4.69, 9.17) is 0 Å². The van der Waals surface area contributed by atoms with Gasteiger partial charge in [0, 0.05) is 16.7 Å². The molecule has 1 aromatic carbocycles. The van der Waals surface area contributed by atoms with Crippen LogP contribution in [0, 0.1) is 0 Å². The molecule has 0 bridgehead atoms. The van der Waals surface area contributed by atoms with Gasteiger partial charge < -0.3 is 5.32 Å². The topological polar surface area (TPSA) is 57.8 Å². The van der Waals surface area contributed by atoms with Crippen molar-refractivity contribution in [2.24, 2.45) is 0 Å². The van der Waals surface area contributed by atoms with Gasteiger partial charge in [0.2, 0.25) is 0 Å². The average molecular weight is 311 g/mol. The molecule has 112 valence electrons.